The highest BCUT2D eigenvalue weighted by Crippen LogP contribution is 2.69. The zero-order chi connectivity index (χ0) is 21.1. The molecule has 0 spiro atoms. The first-order valence-electron chi connectivity index (χ1n) is 10.0. The number of rotatable bonds is 3. The van der Waals surface area contributed by atoms with Crippen LogP contribution in [0.3, 0.4) is 0 Å². The van der Waals surface area contributed by atoms with Crippen molar-refractivity contribution in [3.05, 3.63) is 94.2 Å². The van der Waals surface area contributed by atoms with Crippen LogP contribution in [0.25, 0.3) is 0 Å². The lowest BCUT2D eigenvalue weighted by molar-refractivity contribution is -0.118. The summed E-state index contributed by atoms with van der Waals surface area (Å²) in [6, 6.07) is 21.1. The first kappa shape index (κ1) is 19.2. The van der Waals surface area contributed by atoms with Crippen molar-refractivity contribution in [3.63, 3.8) is 0 Å². The molecule has 1 aliphatic carbocycles. The number of nitrogens with zero attached hydrogens (tertiary/aromatic N) is 2. The molecule has 1 aromatic heterocycles. The largest absolute Gasteiger partial charge is 0.305 e. The number of fused-ring (bicyclic) bond motifs is 3. The van der Waals surface area contributed by atoms with Gasteiger partial charge in [-0.3, -0.25) is 14.6 Å². The molecule has 3 atom stereocenters. The summed E-state index contributed by atoms with van der Waals surface area (Å²) in [5.74, 6) is -0.115. The van der Waals surface area contributed by atoms with E-state index in [2.05, 4.69) is 20.9 Å². The molecular formula is C25H21BrN2O2. The van der Waals surface area contributed by atoms with Crippen LogP contribution in [0.1, 0.15) is 47.8 Å². The Morgan fingerprint density at radius 3 is 2.40 bits per heavy atom. The third-order valence-electron chi connectivity index (χ3n) is 6.86. The molecule has 0 bridgehead atoms. The second-order valence-electron chi connectivity index (χ2n) is 8.30. The SMILES string of the molecule is CC(=O)N1c2ccccc2[C@]2(C(=O)c3ccc(Br)cc3)[C@@H](c3ccccn3)C[C@]12C. The number of anilines is 1. The normalized spacial score (nSPS) is 26.5. The van der Waals surface area contributed by atoms with Gasteiger partial charge < -0.3 is 4.90 Å². The standard InChI is InChI=1S/C25H21BrN2O2/c1-16(29)28-22-9-4-3-7-19(22)25(23(30)17-10-12-18(26)13-11-17)20(15-24(25,28)2)21-8-5-6-14-27-21/h3-14,20H,15H2,1-2H3/t20-,24+,25-/m1/s1. The first-order chi connectivity index (χ1) is 14.4. The van der Waals surface area contributed by atoms with Crippen LogP contribution in [0.4, 0.5) is 5.69 Å². The van der Waals surface area contributed by atoms with E-state index in [1.807, 2.05) is 78.6 Å². The van der Waals surface area contributed by atoms with Crippen LogP contribution >= 0.6 is 15.9 Å². The van der Waals surface area contributed by atoms with E-state index in [1.165, 1.54) is 0 Å². The fourth-order valence-electron chi connectivity index (χ4n) is 5.75. The molecule has 150 valence electrons. The Bertz CT molecular complexity index is 1160. The van der Waals surface area contributed by atoms with Crippen molar-refractivity contribution in [1.82, 2.24) is 4.98 Å². The Labute approximate surface area is 184 Å². The highest BCUT2D eigenvalue weighted by Gasteiger charge is 2.75. The van der Waals surface area contributed by atoms with Gasteiger partial charge in [0.05, 0.1) is 11.0 Å². The molecule has 0 radical (unpaired) electrons. The van der Waals surface area contributed by atoms with Crippen LogP contribution in [0, 0.1) is 0 Å². The van der Waals surface area contributed by atoms with Gasteiger partial charge in [-0.1, -0.05) is 52.3 Å². The number of para-hydroxylation sites is 1. The summed E-state index contributed by atoms with van der Waals surface area (Å²) >= 11 is 3.46. The Hall–Kier alpha value is -2.79. The van der Waals surface area contributed by atoms with E-state index in [9.17, 15) is 9.59 Å². The number of halogens is 1. The molecule has 1 aliphatic heterocycles. The third kappa shape index (κ3) is 2.30. The molecule has 0 saturated heterocycles. The van der Waals surface area contributed by atoms with Crippen molar-refractivity contribution in [1.29, 1.82) is 0 Å². The number of hydrogen-bond acceptors (Lipinski definition) is 3. The quantitative estimate of drug-likeness (QED) is 0.499. The second kappa shape index (κ2) is 6.61. The topological polar surface area (TPSA) is 50.3 Å². The van der Waals surface area contributed by atoms with Crippen LogP contribution < -0.4 is 4.90 Å². The maximum atomic E-state index is 14.3. The lowest BCUT2D eigenvalue weighted by Gasteiger charge is -2.60. The summed E-state index contributed by atoms with van der Waals surface area (Å²) in [6.07, 6.45) is 2.45. The predicted octanol–water partition coefficient (Wildman–Crippen LogP) is 5.28. The van der Waals surface area contributed by atoms with Crippen LogP contribution in [0.15, 0.2) is 77.4 Å². The molecule has 0 unspecified atom stereocenters. The van der Waals surface area contributed by atoms with Crippen LogP contribution in [-0.2, 0) is 10.2 Å². The van der Waals surface area contributed by atoms with Crippen LogP contribution in [-0.4, -0.2) is 22.2 Å². The monoisotopic (exact) mass is 460 g/mol. The van der Waals surface area contributed by atoms with Crippen LogP contribution in [0.2, 0.25) is 0 Å². The summed E-state index contributed by atoms with van der Waals surface area (Å²) in [5.41, 5.74) is 1.76. The molecule has 2 aliphatic rings. The van der Waals surface area contributed by atoms with E-state index in [-0.39, 0.29) is 17.6 Å². The van der Waals surface area contributed by atoms with E-state index >= 15 is 0 Å². The first-order valence-corrected chi connectivity index (χ1v) is 10.8. The lowest BCUT2D eigenvalue weighted by atomic mass is 9.44. The number of aromatic nitrogens is 1. The summed E-state index contributed by atoms with van der Waals surface area (Å²) in [5, 5.41) is 0. The van der Waals surface area contributed by atoms with Gasteiger partial charge in [-0.2, -0.15) is 0 Å². The molecular weight excluding hydrogens is 440 g/mol. The van der Waals surface area contributed by atoms with Gasteiger partial charge in [0.25, 0.3) is 0 Å². The van der Waals surface area contributed by atoms with Gasteiger partial charge in [-0.15, -0.1) is 0 Å². The van der Waals surface area contributed by atoms with E-state index in [4.69, 9.17) is 0 Å². The molecule has 3 aromatic rings. The zero-order valence-electron chi connectivity index (χ0n) is 16.8. The van der Waals surface area contributed by atoms with E-state index in [0.29, 0.717) is 12.0 Å². The number of ketones is 1. The van der Waals surface area contributed by atoms with E-state index < -0.39 is 11.0 Å². The maximum absolute atomic E-state index is 14.3. The van der Waals surface area contributed by atoms with Gasteiger partial charge in [0.15, 0.2) is 5.78 Å². The van der Waals surface area contributed by atoms with Gasteiger partial charge in [0.2, 0.25) is 5.91 Å². The number of Topliss-reactive ketones (excluding diaryl/α,β-unsaturated/α-hetero) is 1. The highest BCUT2D eigenvalue weighted by molar-refractivity contribution is 9.10. The van der Waals surface area contributed by atoms with Crippen LogP contribution in [0.5, 0.6) is 0 Å². The van der Waals surface area contributed by atoms with Crippen molar-refractivity contribution in [2.24, 2.45) is 0 Å². The lowest BCUT2D eigenvalue weighted by Crippen LogP contribution is -2.71. The van der Waals surface area contributed by atoms with Crippen molar-refractivity contribution in [3.8, 4) is 0 Å². The maximum Gasteiger partial charge on any atom is 0.224 e. The van der Waals surface area contributed by atoms with Gasteiger partial charge >= 0.3 is 0 Å². The van der Waals surface area contributed by atoms with E-state index in [0.717, 1.165) is 21.4 Å². The Balaban J connectivity index is 1.79. The predicted molar refractivity (Wildman–Crippen MR) is 120 cm³/mol. The minimum atomic E-state index is -0.878. The molecule has 2 heterocycles. The van der Waals surface area contributed by atoms with Gasteiger partial charge in [-0.25, -0.2) is 0 Å². The molecule has 4 nitrogen and oxygen atoms in total. The fraction of sp³-hybridized carbons (Fsp3) is 0.240. The van der Waals surface area contributed by atoms with E-state index in [1.54, 1.807) is 13.1 Å². The number of pyridine rings is 1. The molecule has 30 heavy (non-hydrogen) atoms. The average Bonchev–Trinajstić information content (AvgIpc) is 2.91. The number of amides is 1. The molecule has 5 heteroatoms. The summed E-state index contributed by atoms with van der Waals surface area (Å²) in [7, 11) is 0. The molecule has 5 rings (SSSR count). The Morgan fingerprint density at radius 1 is 1.03 bits per heavy atom. The van der Waals surface area contributed by atoms with Gasteiger partial charge in [-0.05, 0) is 49.2 Å². The average molecular weight is 461 g/mol. The fourth-order valence-corrected chi connectivity index (χ4v) is 6.01. The Morgan fingerprint density at radius 2 is 1.73 bits per heavy atom. The van der Waals surface area contributed by atoms with Crippen molar-refractivity contribution in [2.45, 2.75) is 37.1 Å². The summed E-state index contributed by atoms with van der Waals surface area (Å²) < 4.78 is 0.923. The molecule has 1 fully saturated rings. The third-order valence-corrected chi connectivity index (χ3v) is 7.39. The van der Waals surface area contributed by atoms with Gasteiger partial charge in [0, 0.05) is 40.5 Å². The van der Waals surface area contributed by atoms with Crippen molar-refractivity contribution >= 4 is 33.3 Å². The van der Waals surface area contributed by atoms with Crippen molar-refractivity contribution < 1.29 is 9.59 Å². The number of carbonyl (C=O) groups excluding carboxylic acids is 2. The zero-order valence-corrected chi connectivity index (χ0v) is 18.4. The minimum Gasteiger partial charge on any atom is -0.305 e. The highest BCUT2D eigenvalue weighted by atomic mass is 79.9. The number of hydrogen-bond donors (Lipinski definition) is 0. The minimum absolute atomic E-state index is 0.0376. The van der Waals surface area contributed by atoms with Gasteiger partial charge in [0.1, 0.15) is 0 Å². The second-order valence-corrected chi connectivity index (χ2v) is 9.22. The number of benzene rings is 2. The summed E-state index contributed by atoms with van der Waals surface area (Å²) in [4.78, 5) is 33.5. The molecule has 1 saturated carbocycles. The smallest absolute Gasteiger partial charge is 0.224 e. The summed E-state index contributed by atoms with van der Waals surface area (Å²) in [6.45, 7) is 3.63. The number of carbonyl (C=O) groups is 2. The molecule has 0 N–H and O–H groups in total. The molecule has 2 aromatic carbocycles. The Kier molecular flexibility index (Phi) is 4.23. The molecule has 1 amide bonds. The van der Waals surface area contributed by atoms with Crippen molar-refractivity contribution in [2.75, 3.05) is 4.90 Å².